The van der Waals surface area contributed by atoms with Gasteiger partial charge in [0, 0.05) is 13.2 Å². The maximum Gasteiger partial charge on any atom is 0.146 e. The van der Waals surface area contributed by atoms with E-state index in [1.165, 1.54) is 0 Å². The van der Waals surface area contributed by atoms with Gasteiger partial charge in [-0.05, 0) is 12.1 Å². The van der Waals surface area contributed by atoms with E-state index in [1.54, 1.807) is 30.3 Å². The highest BCUT2D eigenvalue weighted by molar-refractivity contribution is 5.53. The van der Waals surface area contributed by atoms with Crippen LogP contribution in [0, 0.1) is 11.3 Å². The summed E-state index contributed by atoms with van der Waals surface area (Å²) in [5.74, 6) is 0.503. The molecule has 0 aromatic carbocycles. The number of hydrogen-bond donors (Lipinski definition) is 0. The zero-order valence-electron chi connectivity index (χ0n) is 8.93. The first-order chi connectivity index (χ1) is 7.74. The lowest BCUT2D eigenvalue weighted by Gasteiger charge is -2.26. The van der Waals surface area contributed by atoms with Gasteiger partial charge in [0.2, 0.25) is 0 Å². The summed E-state index contributed by atoms with van der Waals surface area (Å²) in [5.41, 5.74) is 0.448. The number of anilines is 1. The van der Waals surface area contributed by atoms with Crippen molar-refractivity contribution >= 4 is 5.82 Å². The summed E-state index contributed by atoms with van der Waals surface area (Å²) in [5, 5.41) is 8.93. The number of halogens is 1. The Bertz CT molecular complexity index is 418. The first-order valence-electron chi connectivity index (χ1n) is 5.04. The number of hydrogen-bond acceptors (Lipinski definition) is 4. The van der Waals surface area contributed by atoms with Crippen molar-refractivity contribution in [1.29, 1.82) is 5.26 Å². The fourth-order valence-corrected chi connectivity index (χ4v) is 1.79. The predicted molar refractivity (Wildman–Crippen MR) is 56.9 cm³/mol. The smallest absolute Gasteiger partial charge is 0.146 e. The molecule has 0 unspecified atom stereocenters. The molecule has 0 bridgehead atoms. The maximum atomic E-state index is 13.5. The van der Waals surface area contributed by atoms with Crippen molar-refractivity contribution in [2.75, 3.05) is 25.2 Å². The van der Waals surface area contributed by atoms with Crippen LogP contribution in [0.2, 0.25) is 0 Å². The zero-order valence-corrected chi connectivity index (χ0v) is 8.93. The minimum absolute atomic E-state index is 0.115. The number of nitrogens with zero attached hydrogens (tertiary/aromatic N) is 3. The van der Waals surface area contributed by atoms with E-state index >= 15 is 0 Å². The van der Waals surface area contributed by atoms with Gasteiger partial charge in [0.05, 0.1) is 24.8 Å². The van der Waals surface area contributed by atoms with Gasteiger partial charge in [-0.2, -0.15) is 5.26 Å². The fourth-order valence-electron chi connectivity index (χ4n) is 1.79. The Morgan fingerprint density at radius 3 is 3.06 bits per heavy atom. The van der Waals surface area contributed by atoms with Gasteiger partial charge in [-0.3, -0.25) is 0 Å². The molecule has 0 aliphatic carbocycles. The number of alkyl halides is 1. The molecular formula is C11H12FN3O. The van der Waals surface area contributed by atoms with Gasteiger partial charge in [-0.25, -0.2) is 9.37 Å². The van der Waals surface area contributed by atoms with E-state index in [0.717, 1.165) is 0 Å². The molecule has 84 valence electrons. The molecule has 4 nitrogen and oxygen atoms in total. The quantitative estimate of drug-likeness (QED) is 0.751. The number of rotatable bonds is 2. The molecule has 0 radical (unpaired) electrons. The molecule has 2 atom stereocenters. The van der Waals surface area contributed by atoms with Crippen molar-refractivity contribution in [3.8, 4) is 6.07 Å². The molecule has 0 spiro atoms. The van der Waals surface area contributed by atoms with Gasteiger partial charge in [-0.15, -0.1) is 0 Å². The molecule has 0 saturated carbocycles. The fraction of sp³-hybridized carbons (Fsp3) is 0.455. The molecule has 1 aliphatic heterocycles. The molecule has 16 heavy (non-hydrogen) atoms. The Kier molecular flexibility index (Phi) is 3.02. The SMILES string of the molecule is CN(c1ncccc1C#N)[C@@H]1COC[C@H]1F. The minimum Gasteiger partial charge on any atom is -0.376 e. The third kappa shape index (κ3) is 1.84. The minimum atomic E-state index is -1.03. The summed E-state index contributed by atoms with van der Waals surface area (Å²) in [4.78, 5) is 5.79. The second-order valence-corrected chi connectivity index (χ2v) is 3.72. The van der Waals surface area contributed by atoms with E-state index in [4.69, 9.17) is 10.00 Å². The van der Waals surface area contributed by atoms with Crippen LogP contribution in [0.3, 0.4) is 0 Å². The van der Waals surface area contributed by atoms with Crippen LogP contribution in [0.15, 0.2) is 18.3 Å². The largest absolute Gasteiger partial charge is 0.376 e. The summed E-state index contributed by atoms with van der Waals surface area (Å²) in [6, 6.07) is 5.05. The van der Waals surface area contributed by atoms with Gasteiger partial charge >= 0.3 is 0 Å². The number of likely N-dealkylation sites (N-methyl/N-ethyl adjacent to an activating group) is 1. The molecular weight excluding hydrogens is 209 g/mol. The molecule has 2 rings (SSSR count). The number of ether oxygens (including phenoxy) is 1. The van der Waals surface area contributed by atoms with Gasteiger partial charge in [0.25, 0.3) is 0 Å². The van der Waals surface area contributed by atoms with E-state index in [0.29, 0.717) is 18.0 Å². The Labute approximate surface area is 93.3 Å². The van der Waals surface area contributed by atoms with Gasteiger partial charge in [0.15, 0.2) is 0 Å². The lowest BCUT2D eigenvalue weighted by Crippen LogP contribution is -2.39. The van der Waals surface area contributed by atoms with Crippen molar-refractivity contribution in [3.63, 3.8) is 0 Å². The van der Waals surface area contributed by atoms with Gasteiger partial charge < -0.3 is 9.64 Å². The number of pyridine rings is 1. The Hall–Kier alpha value is -1.67. The van der Waals surface area contributed by atoms with Crippen molar-refractivity contribution in [2.24, 2.45) is 0 Å². The summed E-state index contributed by atoms with van der Waals surface area (Å²) in [6.07, 6.45) is 0.564. The molecule has 1 aliphatic rings. The second-order valence-electron chi connectivity index (χ2n) is 3.72. The Morgan fingerprint density at radius 2 is 2.44 bits per heavy atom. The Morgan fingerprint density at radius 1 is 1.62 bits per heavy atom. The average Bonchev–Trinajstić information content (AvgIpc) is 2.74. The van der Waals surface area contributed by atoms with E-state index in [-0.39, 0.29) is 12.6 Å². The predicted octanol–water partition coefficient (Wildman–Crippen LogP) is 1.13. The zero-order chi connectivity index (χ0) is 11.5. The third-order valence-corrected chi connectivity index (χ3v) is 2.72. The van der Waals surface area contributed by atoms with Gasteiger partial charge in [0.1, 0.15) is 18.1 Å². The van der Waals surface area contributed by atoms with Crippen LogP contribution in [0.4, 0.5) is 10.2 Å². The van der Waals surface area contributed by atoms with Crippen LogP contribution in [0.5, 0.6) is 0 Å². The first kappa shape index (κ1) is 10.8. The summed E-state index contributed by atoms with van der Waals surface area (Å²) >= 11 is 0. The van der Waals surface area contributed by atoms with E-state index in [2.05, 4.69) is 4.98 Å². The molecule has 1 aromatic rings. The Balaban J connectivity index is 2.27. The highest BCUT2D eigenvalue weighted by Gasteiger charge is 2.32. The molecule has 1 fully saturated rings. The van der Waals surface area contributed by atoms with E-state index < -0.39 is 6.17 Å². The second kappa shape index (κ2) is 4.45. The summed E-state index contributed by atoms with van der Waals surface area (Å²) < 4.78 is 18.5. The number of aromatic nitrogens is 1. The molecule has 5 heteroatoms. The molecule has 0 N–H and O–H groups in total. The highest BCUT2D eigenvalue weighted by atomic mass is 19.1. The molecule has 1 aromatic heterocycles. The average molecular weight is 221 g/mol. The van der Waals surface area contributed by atoms with Crippen LogP contribution in [0.25, 0.3) is 0 Å². The monoisotopic (exact) mass is 221 g/mol. The van der Waals surface area contributed by atoms with Crippen LogP contribution >= 0.6 is 0 Å². The molecule has 0 amide bonds. The summed E-state index contributed by atoms with van der Waals surface area (Å²) in [7, 11) is 1.73. The van der Waals surface area contributed by atoms with Crippen molar-refractivity contribution in [2.45, 2.75) is 12.2 Å². The molecule has 1 saturated heterocycles. The normalized spacial score (nSPS) is 24.1. The highest BCUT2D eigenvalue weighted by Crippen LogP contribution is 2.22. The van der Waals surface area contributed by atoms with E-state index in [1.807, 2.05) is 6.07 Å². The van der Waals surface area contributed by atoms with Crippen molar-refractivity contribution < 1.29 is 9.13 Å². The van der Waals surface area contributed by atoms with E-state index in [9.17, 15) is 4.39 Å². The van der Waals surface area contributed by atoms with Crippen molar-refractivity contribution in [3.05, 3.63) is 23.9 Å². The lowest BCUT2D eigenvalue weighted by molar-refractivity contribution is 0.173. The lowest BCUT2D eigenvalue weighted by atomic mass is 10.2. The van der Waals surface area contributed by atoms with Crippen LogP contribution in [-0.4, -0.2) is 37.5 Å². The van der Waals surface area contributed by atoms with Crippen molar-refractivity contribution in [1.82, 2.24) is 4.98 Å². The first-order valence-corrected chi connectivity index (χ1v) is 5.04. The number of nitriles is 1. The van der Waals surface area contributed by atoms with Crippen LogP contribution in [0.1, 0.15) is 5.56 Å². The topological polar surface area (TPSA) is 49.2 Å². The van der Waals surface area contributed by atoms with Crippen LogP contribution < -0.4 is 4.90 Å². The molecule has 2 heterocycles. The maximum absolute atomic E-state index is 13.5. The summed E-state index contributed by atoms with van der Waals surface area (Å²) in [6.45, 7) is 0.447. The third-order valence-electron chi connectivity index (χ3n) is 2.72. The van der Waals surface area contributed by atoms with Crippen LogP contribution in [-0.2, 0) is 4.74 Å². The standard InChI is InChI=1S/C11H12FN3O/c1-15(10-7-16-6-9(10)12)11-8(5-13)3-2-4-14-11/h2-4,9-10H,6-7H2,1H3/t9-,10-/m1/s1. The van der Waals surface area contributed by atoms with Gasteiger partial charge in [-0.1, -0.05) is 0 Å².